The molecule has 5 nitrogen and oxygen atoms in total. The summed E-state index contributed by atoms with van der Waals surface area (Å²) in [6.07, 6.45) is 18.7. The number of hydrogen-bond acceptors (Lipinski definition) is 3. The molecule has 0 aromatic carbocycles. The van der Waals surface area contributed by atoms with Crippen molar-refractivity contribution in [3.05, 3.63) is 0 Å². The predicted molar refractivity (Wildman–Crippen MR) is 131 cm³/mol. The summed E-state index contributed by atoms with van der Waals surface area (Å²) >= 11 is 0. The van der Waals surface area contributed by atoms with E-state index >= 15 is 0 Å². The molecule has 31 heavy (non-hydrogen) atoms. The van der Waals surface area contributed by atoms with Gasteiger partial charge in [0.25, 0.3) is 0 Å². The largest absolute Gasteiger partial charge is 0.480 e. The molecule has 0 aliphatic rings. The minimum Gasteiger partial charge on any atom is -0.480 e. The van der Waals surface area contributed by atoms with E-state index in [-0.39, 0.29) is 23.8 Å². The van der Waals surface area contributed by atoms with Crippen LogP contribution in [0.25, 0.3) is 0 Å². The third kappa shape index (κ3) is 16.2. The van der Waals surface area contributed by atoms with Gasteiger partial charge < -0.3 is 15.7 Å². The van der Waals surface area contributed by atoms with E-state index in [9.17, 15) is 14.7 Å². The number of nitrogens with one attached hydrogen (secondary N) is 2. The minimum absolute atomic E-state index is 0.119. The Morgan fingerprint density at radius 1 is 0.645 bits per heavy atom. The van der Waals surface area contributed by atoms with E-state index in [1.807, 2.05) is 27.7 Å². The van der Waals surface area contributed by atoms with Gasteiger partial charge in [0.2, 0.25) is 5.91 Å². The lowest BCUT2D eigenvalue weighted by molar-refractivity contribution is -0.143. The second-order valence-electron chi connectivity index (χ2n) is 9.84. The third-order valence-electron chi connectivity index (χ3n) is 6.07. The molecule has 0 radical (unpaired) electrons. The van der Waals surface area contributed by atoms with Gasteiger partial charge in [-0.3, -0.25) is 4.79 Å². The number of aliphatic carboxylic acids is 1. The van der Waals surface area contributed by atoms with Crippen molar-refractivity contribution in [3.63, 3.8) is 0 Å². The van der Waals surface area contributed by atoms with Gasteiger partial charge in [-0.2, -0.15) is 0 Å². The summed E-state index contributed by atoms with van der Waals surface area (Å²) in [7, 11) is 0. The summed E-state index contributed by atoms with van der Waals surface area (Å²) in [5, 5.41) is 15.3. The van der Waals surface area contributed by atoms with E-state index in [0.717, 1.165) is 13.0 Å². The van der Waals surface area contributed by atoms with E-state index in [1.54, 1.807) is 0 Å². The van der Waals surface area contributed by atoms with Crippen molar-refractivity contribution in [2.75, 3.05) is 6.54 Å². The zero-order valence-corrected chi connectivity index (χ0v) is 21.2. The summed E-state index contributed by atoms with van der Waals surface area (Å²) in [5.74, 6) is -1.20. The Morgan fingerprint density at radius 2 is 1.03 bits per heavy atom. The molecule has 3 N–H and O–H groups in total. The minimum atomic E-state index is -0.974. The number of carboxylic acid groups (broad SMARTS) is 1. The molecule has 0 aromatic rings. The van der Waals surface area contributed by atoms with Crippen LogP contribution in [0.5, 0.6) is 0 Å². The van der Waals surface area contributed by atoms with Gasteiger partial charge >= 0.3 is 5.97 Å². The van der Waals surface area contributed by atoms with Gasteiger partial charge in [0, 0.05) is 0 Å². The molecule has 1 unspecified atom stereocenters. The van der Waals surface area contributed by atoms with Crippen LogP contribution in [0, 0.1) is 11.8 Å². The van der Waals surface area contributed by atoms with Gasteiger partial charge in [-0.05, 0) is 24.8 Å². The summed E-state index contributed by atoms with van der Waals surface area (Å²) in [6, 6.07) is -1.18. The van der Waals surface area contributed by atoms with Crippen molar-refractivity contribution in [2.45, 2.75) is 137 Å². The van der Waals surface area contributed by atoms with Gasteiger partial charge in [-0.25, -0.2) is 4.79 Å². The molecule has 0 saturated heterocycles. The third-order valence-corrected chi connectivity index (χ3v) is 6.07. The van der Waals surface area contributed by atoms with Gasteiger partial charge in [-0.1, -0.05) is 118 Å². The van der Waals surface area contributed by atoms with Crippen LogP contribution in [0.1, 0.15) is 125 Å². The van der Waals surface area contributed by atoms with E-state index < -0.39 is 12.0 Å². The average molecular weight is 441 g/mol. The highest BCUT2D eigenvalue weighted by atomic mass is 16.4. The van der Waals surface area contributed by atoms with Crippen LogP contribution in [0.2, 0.25) is 0 Å². The Labute approximate surface area is 192 Å². The lowest BCUT2D eigenvalue weighted by atomic mass is 10.00. The zero-order chi connectivity index (χ0) is 23.5. The molecular formula is C26H52N2O3. The molecular weight excluding hydrogens is 388 g/mol. The fourth-order valence-electron chi connectivity index (χ4n) is 3.96. The van der Waals surface area contributed by atoms with Crippen LogP contribution >= 0.6 is 0 Å². The molecule has 0 spiro atoms. The van der Waals surface area contributed by atoms with Gasteiger partial charge in [-0.15, -0.1) is 0 Å². The zero-order valence-electron chi connectivity index (χ0n) is 21.2. The molecule has 5 heteroatoms. The molecule has 0 fully saturated rings. The summed E-state index contributed by atoms with van der Waals surface area (Å²) in [4.78, 5) is 23.9. The predicted octanol–water partition coefficient (Wildman–Crippen LogP) is 6.31. The standard InChI is InChI=1S/C26H52N2O3/c1-6-7-8-9-10-11-12-13-14-15-16-17-18-19-20-27-23(21(2)3)25(29)28-24(22(4)5)26(30)31/h21-24,27H,6-20H2,1-5H3,(H,28,29)(H,30,31)/t23-,24?/m0/s1. The molecule has 0 rings (SSSR count). The second kappa shape index (κ2) is 19.6. The fourth-order valence-corrected chi connectivity index (χ4v) is 3.96. The molecule has 184 valence electrons. The maximum absolute atomic E-state index is 12.5. The molecule has 0 aliphatic carbocycles. The quantitative estimate of drug-likeness (QED) is 0.183. The first kappa shape index (κ1) is 29.9. The van der Waals surface area contributed by atoms with Crippen molar-refractivity contribution in [3.8, 4) is 0 Å². The molecule has 0 aliphatic heterocycles. The normalized spacial score (nSPS) is 13.5. The van der Waals surface area contributed by atoms with Crippen molar-refractivity contribution < 1.29 is 14.7 Å². The number of carbonyl (C=O) groups is 2. The van der Waals surface area contributed by atoms with Crippen LogP contribution in [-0.4, -0.2) is 35.6 Å². The van der Waals surface area contributed by atoms with Crippen LogP contribution in [0.3, 0.4) is 0 Å². The van der Waals surface area contributed by atoms with E-state index in [4.69, 9.17) is 0 Å². The van der Waals surface area contributed by atoms with Gasteiger partial charge in [0.1, 0.15) is 6.04 Å². The molecule has 0 heterocycles. The first-order valence-electron chi connectivity index (χ1n) is 13.1. The van der Waals surface area contributed by atoms with Crippen LogP contribution in [0.15, 0.2) is 0 Å². The molecule has 1 amide bonds. The van der Waals surface area contributed by atoms with Crippen molar-refractivity contribution in [1.29, 1.82) is 0 Å². The molecule has 0 bridgehead atoms. The number of rotatable bonds is 21. The van der Waals surface area contributed by atoms with E-state index in [0.29, 0.717) is 0 Å². The number of amides is 1. The Morgan fingerprint density at radius 3 is 1.39 bits per heavy atom. The summed E-state index contributed by atoms with van der Waals surface area (Å²) in [5.41, 5.74) is 0. The number of carbonyl (C=O) groups excluding carboxylic acids is 1. The summed E-state index contributed by atoms with van der Waals surface area (Å²) in [6.45, 7) is 10.7. The van der Waals surface area contributed by atoms with Crippen molar-refractivity contribution >= 4 is 11.9 Å². The molecule has 0 saturated carbocycles. The highest BCUT2D eigenvalue weighted by Crippen LogP contribution is 2.13. The van der Waals surface area contributed by atoms with Crippen molar-refractivity contribution in [2.24, 2.45) is 11.8 Å². The highest BCUT2D eigenvalue weighted by Gasteiger charge is 2.28. The number of hydrogen-bond donors (Lipinski definition) is 3. The van der Waals surface area contributed by atoms with Gasteiger partial charge in [0.05, 0.1) is 6.04 Å². The maximum Gasteiger partial charge on any atom is 0.326 e. The summed E-state index contributed by atoms with van der Waals surface area (Å²) < 4.78 is 0. The van der Waals surface area contributed by atoms with E-state index in [2.05, 4.69) is 17.6 Å². The Bertz CT molecular complexity index is 452. The Balaban J connectivity index is 3.78. The topological polar surface area (TPSA) is 78.4 Å². The number of unbranched alkanes of at least 4 members (excludes halogenated alkanes) is 13. The van der Waals surface area contributed by atoms with Crippen molar-refractivity contribution in [1.82, 2.24) is 10.6 Å². The highest BCUT2D eigenvalue weighted by molar-refractivity contribution is 5.87. The van der Waals surface area contributed by atoms with E-state index in [1.165, 1.54) is 83.5 Å². The van der Waals surface area contributed by atoms with Crippen LogP contribution < -0.4 is 10.6 Å². The first-order chi connectivity index (χ1) is 14.8. The molecule has 2 atom stereocenters. The number of carboxylic acids is 1. The smallest absolute Gasteiger partial charge is 0.326 e. The monoisotopic (exact) mass is 440 g/mol. The van der Waals surface area contributed by atoms with Crippen LogP contribution in [-0.2, 0) is 9.59 Å². The average Bonchev–Trinajstić information content (AvgIpc) is 2.70. The SMILES string of the molecule is CCCCCCCCCCCCCCCCN[C@H](C(=O)NC(C(=O)O)C(C)C)C(C)C. The van der Waals surface area contributed by atoms with Crippen LogP contribution in [0.4, 0.5) is 0 Å². The molecule has 0 aromatic heterocycles. The second-order valence-corrected chi connectivity index (χ2v) is 9.84. The Hall–Kier alpha value is -1.10. The fraction of sp³-hybridized carbons (Fsp3) is 0.923. The maximum atomic E-state index is 12.5. The van der Waals surface area contributed by atoms with Gasteiger partial charge in [0.15, 0.2) is 0 Å². The lowest BCUT2D eigenvalue weighted by Crippen LogP contribution is -2.53. The Kier molecular flexibility index (Phi) is 18.9. The lowest BCUT2D eigenvalue weighted by Gasteiger charge is -2.25. The first-order valence-corrected chi connectivity index (χ1v) is 13.1.